The number of nitrogens with zero attached hydrogens (tertiary/aromatic N) is 1. The maximum Gasteiger partial charge on any atom is 0.230 e. The van der Waals surface area contributed by atoms with Gasteiger partial charge in [-0.25, -0.2) is 5.43 Å². The van der Waals surface area contributed by atoms with Crippen LogP contribution in [0.5, 0.6) is 0 Å². The van der Waals surface area contributed by atoms with E-state index in [9.17, 15) is 4.79 Å². The van der Waals surface area contributed by atoms with Crippen molar-refractivity contribution >= 4 is 5.91 Å². The molecule has 0 saturated heterocycles. The van der Waals surface area contributed by atoms with Gasteiger partial charge in [0.2, 0.25) is 5.91 Å². The zero-order valence-corrected chi connectivity index (χ0v) is 7.58. The van der Waals surface area contributed by atoms with Crippen molar-refractivity contribution < 1.29 is 4.79 Å². The van der Waals surface area contributed by atoms with Crippen molar-refractivity contribution in [3.63, 3.8) is 0 Å². The lowest BCUT2D eigenvalue weighted by Gasteiger charge is -2.03. The maximum atomic E-state index is 10.5. The van der Waals surface area contributed by atoms with E-state index in [1.807, 2.05) is 18.3 Å². The van der Waals surface area contributed by atoms with Crippen molar-refractivity contribution in [2.24, 2.45) is 0 Å². The van der Waals surface area contributed by atoms with E-state index in [0.717, 1.165) is 12.0 Å². The normalized spacial score (nSPS) is 9.62. The van der Waals surface area contributed by atoms with Crippen LogP contribution in [0.1, 0.15) is 12.5 Å². The summed E-state index contributed by atoms with van der Waals surface area (Å²) in [5, 5.41) is 0. The first-order valence-electron chi connectivity index (χ1n) is 4.17. The van der Waals surface area contributed by atoms with Crippen molar-refractivity contribution in [2.75, 3.05) is 6.54 Å². The van der Waals surface area contributed by atoms with Gasteiger partial charge in [-0.2, -0.15) is 0 Å². The summed E-state index contributed by atoms with van der Waals surface area (Å²) < 4.78 is 0. The minimum absolute atomic E-state index is 0.0776. The Bertz CT molecular complexity index is 261. The van der Waals surface area contributed by atoms with Crippen LogP contribution >= 0.6 is 0 Å². The van der Waals surface area contributed by atoms with Gasteiger partial charge in [0, 0.05) is 25.9 Å². The molecule has 0 atom stereocenters. The van der Waals surface area contributed by atoms with Crippen molar-refractivity contribution in [1.29, 1.82) is 0 Å². The number of carbonyl (C=O) groups excluding carboxylic acids is 1. The Balaban J connectivity index is 2.17. The van der Waals surface area contributed by atoms with E-state index >= 15 is 0 Å². The minimum atomic E-state index is -0.0776. The van der Waals surface area contributed by atoms with Crippen LogP contribution in [0.2, 0.25) is 0 Å². The first-order chi connectivity index (χ1) is 6.29. The molecule has 0 radical (unpaired) electrons. The number of nitrogens with one attached hydrogen (secondary N) is 2. The first-order valence-corrected chi connectivity index (χ1v) is 4.17. The molecule has 4 heteroatoms. The van der Waals surface area contributed by atoms with Crippen molar-refractivity contribution in [1.82, 2.24) is 15.8 Å². The van der Waals surface area contributed by atoms with Crippen LogP contribution in [0.15, 0.2) is 24.5 Å². The van der Waals surface area contributed by atoms with Gasteiger partial charge in [0.05, 0.1) is 0 Å². The van der Waals surface area contributed by atoms with Gasteiger partial charge in [-0.1, -0.05) is 6.07 Å². The largest absolute Gasteiger partial charge is 0.292 e. The summed E-state index contributed by atoms with van der Waals surface area (Å²) in [4.78, 5) is 14.5. The zero-order valence-electron chi connectivity index (χ0n) is 7.58. The fraction of sp³-hybridized carbons (Fsp3) is 0.333. The molecule has 0 bridgehead atoms. The molecule has 2 N–H and O–H groups in total. The van der Waals surface area contributed by atoms with E-state index in [1.165, 1.54) is 6.92 Å². The number of hydrazine groups is 1. The molecule has 0 spiro atoms. The molecule has 0 aromatic carbocycles. The molecule has 0 aliphatic rings. The summed E-state index contributed by atoms with van der Waals surface area (Å²) in [6.07, 6.45) is 4.41. The minimum Gasteiger partial charge on any atom is -0.292 e. The quantitative estimate of drug-likeness (QED) is 0.515. The number of aromatic nitrogens is 1. The Hall–Kier alpha value is -1.42. The van der Waals surface area contributed by atoms with Crippen LogP contribution < -0.4 is 10.9 Å². The van der Waals surface area contributed by atoms with Crippen molar-refractivity contribution in [3.8, 4) is 0 Å². The van der Waals surface area contributed by atoms with E-state index in [4.69, 9.17) is 0 Å². The Kier molecular flexibility index (Phi) is 3.92. The van der Waals surface area contributed by atoms with Gasteiger partial charge in [-0.05, 0) is 18.1 Å². The second-order valence-electron chi connectivity index (χ2n) is 2.72. The van der Waals surface area contributed by atoms with E-state index < -0.39 is 0 Å². The standard InChI is InChI=1S/C9H13N3O/c1-8(13)12-11-6-4-9-3-2-5-10-7-9/h2-3,5,7,11H,4,6H2,1H3,(H,12,13). The molecule has 0 unspecified atom stereocenters. The molecular formula is C9H13N3O. The molecule has 0 fully saturated rings. The fourth-order valence-corrected chi connectivity index (χ4v) is 0.940. The third-order valence-corrected chi connectivity index (χ3v) is 1.53. The highest BCUT2D eigenvalue weighted by molar-refractivity contribution is 5.72. The number of hydrogen-bond acceptors (Lipinski definition) is 3. The maximum absolute atomic E-state index is 10.5. The third kappa shape index (κ3) is 4.22. The monoisotopic (exact) mass is 179 g/mol. The molecule has 0 aliphatic carbocycles. The number of carbonyl (C=O) groups is 1. The molecule has 0 saturated carbocycles. The van der Waals surface area contributed by atoms with E-state index in [0.29, 0.717) is 6.54 Å². The summed E-state index contributed by atoms with van der Waals surface area (Å²) in [5.74, 6) is -0.0776. The lowest BCUT2D eigenvalue weighted by atomic mass is 10.2. The van der Waals surface area contributed by atoms with Gasteiger partial charge in [-0.3, -0.25) is 15.2 Å². The van der Waals surface area contributed by atoms with E-state index in [2.05, 4.69) is 15.8 Å². The number of amides is 1. The average Bonchev–Trinajstić information content (AvgIpc) is 2.14. The third-order valence-electron chi connectivity index (χ3n) is 1.53. The SMILES string of the molecule is CC(=O)NNCCc1cccnc1. The van der Waals surface area contributed by atoms with Gasteiger partial charge in [0.25, 0.3) is 0 Å². The van der Waals surface area contributed by atoms with Crippen LogP contribution in [0.3, 0.4) is 0 Å². The summed E-state index contributed by atoms with van der Waals surface area (Å²) in [6.45, 7) is 2.18. The Morgan fingerprint density at radius 2 is 2.46 bits per heavy atom. The number of pyridine rings is 1. The number of rotatable bonds is 4. The lowest BCUT2D eigenvalue weighted by Crippen LogP contribution is -2.36. The Labute approximate surface area is 77.3 Å². The molecule has 1 aromatic heterocycles. The molecular weight excluding hydrogens is 166 g/mol. The van der Waals surface area contributed by atoms with Crippen LogP contribution in [0.4, 0.5) is 0 Å². The highest BCUT2D eigenvalue weighted by Crippen LogP contribution is 1.94. The highest BCUT2D eigenvalue weighted by atomic mass is 16.2. The first kappa shape index (κ1) is 9.67. The molecule has 4 nitrogen and oxygen atoms in total. The van der Waals surface area contributed by atoms with Crippen molar-refractivity contribution in [2.45, 2.75) is 13.3 Å². The van der Waals surface area contributed by atoms with E-state index in [-0.39, 0.29) is 5.91 Å². The Morgan fingerprint density at radius 3 is 3.08 bits per heavy atom. The highest BCUT2D eigenvalue weighted by Gasteiger charge is 1.92. The smallest absolute Gasteiger partial charge is 0.230 e. The van der Waals surface area contributed by atoms with E-state index in [1.54, 1.807) is 6.20 Å². The van der Waals surface area contributed by atoms with Crippen LogP contribution in [-0.4, -0.2) is 17.4 Å². The van der Waals surface area contributed by atoms with Gasteiger partial charge in [0.1, 0.15) is 0 Å². The van der Waals surface area contributed by atoms with Gasteiger partial charge >= 0.3 is 0 Å². The molecule has 13 heavy (non-hydrogen) atoms. The van der Waals surface area contributed by atoms with Crippen molar-refractivity contribution in [3.05, 3.63) is 30.1 Å². The molecule has 1 rings (SSSR count). The van der Waals surface area contributed by atoms with Gasteiger partial charge < -0.3 is 0 Å². The molecule has 70 valence electrons. The predicted molar refractivity (Wildman–Crippen MR) is 49.8 cm³/mol. The van der Waals surface area contributed by atoms with Gasteiger partial charge in [0.15, 0.2) is 0 Å². The lowest BCUT2D eigenvalue weighted by molar-refractivity contribution is -0.119. The average molecular weight is 179 g/mol. The van der Waals surface area contributed by atoms with Gasteiger partial charge in [-0.15, -0.1) is 0 Å². The second-order valence-corrected chi connectivity index (χ2v) is 2.72. The van der Waals surface area contributed by atoms with Crippen LogP contribution in [0.25, 0.3) is 0 Å². The topological polar surface area (TPSA) is 54.0 Å². The molecule has 0 aliphatic heterocycles. The molecule has 1 heterocycles. The predicted octanol–water partition coefficient (Wildman–Crippen LogP) is 0.265. The number of hydrogen-bond donors (Lipinski definition) is 2. The molecule has 1 amide bonds. The molecule has 1 aromatic rings. The Morgan fingerprint density at radius 1 is 1.62 bits per heavy atom. The van der Waals surface area contributed by atoms with Crippen LogP contribution in [0, 0.1) is 0 Å². The second kappa shape index (κ2) is 5.27. The summed E-state index contributed by atoms with van der Waals surface area (Å²) in [6, 6.07) is 3.90. The fourth-order valence-electron chi connectivity index (χ4n) is 0.940. The summed E-state index contributed by atoms with van der Waals surface area (Å²) in [5.41, 5.74) is 6.47. The summed E-state index contributed by atoms with van der Waals surface area (Å²) in [7, 11) is 0. The zero-order chi connectivity index (χ0) is 9.52. The summed E-state index contributed by atoms with van der Waals surface area (Å²) >= 11 is 0. The van der Waals surface area contributed by atoms with Crippen LogP contribution in [-0.2, 0) is 11.2 Å².